The number of aliphatic imine (C=N–C) groups is 2. The van der Waals surface area contributed by atoms with Crippen LogP contribution in [0.5, 0.6) is 11.8 Å². The Balaban J connectivity index is 0.000000134. The third kappa shape index (κ3) is 19.2. The number of hydrogen-bond donors (Lipinski definition) is 2. The first-order valence-electron chi connectivity index (χ1n) is 39.6. The summed E-state index contributed by atoms with van der Waals surface area (Å²) in [6, 6.07) is 70.8. The monoisotopic (exact) mass is 1980 g/mol. The molecule has 120 heavy (non-hydrogen) atoms. The lowest BCUT2D eigenvalue weighted by atomic mass is 9.99. The minimum Gasteiger partial charge on any atom is -0.494 e. The molecule has 17 nitrogen and oxygen atoms in total. The Bertz CT molecular complexity index is 6150. The highest BCUT2D eigenvalue weighted by Crippen LogP contribution is 2.44. The van der Waals surface area contributed by atoms with E-state index in [-0.39, 0.29) is 35.2 Å². The van der Waals surface area contributed by atoms with Gasteiger partial charge in [-0.15, -0.1) is 11.3 Å². The summed E-state index contributed by atoms with van der Waals surface area (Å²) in [6.45, 7) is 10.6. The molecule has 0 atom stereocenters. The molecule has 2 N–H and O–H groups in total. The first-order valence-corrected chi connectivity index (χ1v) is 44.7. The van der Waals surface area contributed by atoms with Crippen LogP contribution in [0.15, 0.2) is 252 Å². The maximum atomic E-state index is 12.8. The molecule has 17 rings (SSSR count). The Hall–Kier alpha value is -10.2. The van der Waals surface area contributed by atoms with E-state index in [1.807, 2.05) is 193 Å². The Morgan fingerprint density at radius 1 is 0.517 bits per heavy atom. The van der Waals surface area contributed by atoms with E-state index in [9.17, 15) is 34.7 Å². The van der Waals surface area contributed by atoms with Gasteiger partial charge in [0.05, 0.1) is 61.3 Å². The molecule has 2 saturated heterocycles. The van der Waals surface area contributed by atoms with Crippen molar-refractivity contribution in [1.29, 1.82) is 0 Å². The van der Waals surface area contributed by atoms with Crippen molar-refractivity contribution in [2.45, 2.75) is 65.5 Å². The summed E-state index contributed by atoms with van der Waals surface area (Å²) in [4.78, 5) is 70.3. The number of carbonyl (C=O) groups excluding carboxylic acids is 3. The van der Waals surface area contributed by atoms with Crippen LogP contribution < -0.4 is 9.80 Å². The molecule has 610 valence electrons. The molecule has 0 saturated carbocycles. The van der Waals surface area contributed by atoms with Gasteiger partial charge in [0, 0.05) is 144 Å². The molecule has 23 heteroatoms. The number of amides is 3. The second-order valence-corrected chi connectivity index (χ2v) is 36.1. The van der Waals surface area contributed by atoms with Crippen LogP contribution in [0.4, 0.5) is 28.4 Å². The number of halogens is 5. The summed E-state index contributed by atoms with van der Waals surface area (Å²) in [5.41, 5.74) is 21.0. The Morgan fingerprint density at radius 2 is 0.950 bits per heavy atom. The van der Waals surface area contributed by atoms with E-state index in [1.165, 1.54) is 66.7 Å². The van der Waals surface area contributed by atoms with E-state index in [4.69, 9.17) is 9.98 Å². The average molecular weight is 1990 g/mol. The molecule has 4 aliphatic rings. The van der Waals surface area contributed by atoms with Crippen molar-refractivity contribution in [1.82, 2.24) is 23.8 Å². The molecule has 3 aromatic heterocycles. The second-order valence-electron chi connectivity index (χ2n) is 30.5. The van der Waals surface area contributed by atoms with Gasteiger partial charge in [-0.3, -0.25) is 34.3 Å². The van der Waals surface area contributed by atoms with Gasteiger partial charge in [0.15, 0.2) is 0 Å². The predicted octanol–water partition coefficient (Wildman–Crippen LogP) is 24.1. The summed E-state index contributed by atoms with van der Waals surface area (Å²) < 4.78 is 8.58. The zero-order valence-electron chi connectivity index (χ0n) is 67.7. The number of carbonyl (C=O) groups is 3. The highest BCUT2D eigenvalue weighted by molar-refractivity contribution is 14.1. The van der Waals surface area contributed by atoms with Crippen LogP contribution in [0.25, 0.3) is 55.5 Å². The summed E-state index contributed by atoms with van der Waals surface area (Å²) in [6.07, 6.45) is 11.6. The summed E-state index contributed by atoms with van der Waals surface area (Å²) >= 11 is 18.3. The van der Waals surface area contributed by atoms with Gasteiger partial charge in [0.2, 0.25) is 11.8 Å². The zero-order chi connectivity index (χ0) is 84.7. The van der Waals surface area contributed by atoms with Crippen LogP contribution in [0.3, 0.4) is 0 Å². The number of fused-ring (bicyclic) bond motifs is 4. The number of piperidine rings is 2. The van der Waals surface area contributed by atoms with Crippen molar-refractivity contribution in [2.75, 3.05) is 64.2 Å². The largest absolute Gasteiger partial charge is 0.494 e. The van der Waals surface area contributed by atoms with E-state index in [0.29, 0.717) is 39.0 Å². The SMILES string of the molecule is CN(C)C(=O)c1ccc2c(c1)c(C(=Nc1ccc(CN3CCCCC3)cc1)c1ccccc1)c(O)n2C.Cc1c(Br)cc(/C=C2\C(=O)N(C)c3ccc(-c4cccs4)cc32)cc1Br.Cc1c(Br)cc(C=C2C(=O)N(C)c3ccc(I)cc32)cc1Br.Cn1c(O)c(C(=Nc2ccc(CN3CCCCC3)cc2)c2ccccc2)c2cc([N+](=O)[O-])ccc21. The van der Waals surface area contributed by atoms with Crippen molar-refractivity contribution in [3.05, 3.63) is 328 Å². The van der Waals surface area contributed by atoms with E-state index < -0.39 is 4.92 Å². The van der Waals surface area contributed by atoms with E-state index >= 15 is 0 Å². The molecular weight excluding hydrogens is 1900 g/mol. The number of rotatable bonds is 15. The number of likely N-dealkylation sites (tertiary alicyclic amines) is 2. The number of thiophene rings is 1. The fourth-order valence-electron chi connectivity index (χ4n) is 15.5. The lowest BCUT2D eigenvalue weighted by molar-refractivity contribution is -0.384. The Morgan fingerprint density at radius 3 is 1.38 bits per heavy atom. The smallest absolute Gasteiger partial charge is 0.270 e. The van der Waals surface area contributed by atoms with Gasteiger partial charge < -0.3 is 34.0 Å². The molecule has 0 radical (unpaired) electrons. The van der Waals surface area contributed by atoms with Gasteiger partial charge in [-0.2, -0.15) is 0 Å². The number of hydrogen-bond acceptors (Lipinski definition) is 12. The molecular formula is C97H89Br4IN10O7S. The number of aromatic hydroxyl groups is 2. The number of non-ortho nitro benzene ring substituents is 1. The van der Waals surface area contributed by atoms with Crippen molar-refractivity contribution >= 4 is 200 Å². The van der Waals surface area contributed by atoms with Crippen LogP contribution in [0.2, 0.25) is 0 Å². The number of benzene rings is 10. The van der Waals surface area contributed by atoms with Gasteiger partial charge in [-0.25, -0.2) is 9.98 Å². The summed E-state index contributed by atoms with van der Waals surface area (Å²) in [5.74, 6) is 0.109. The lowest BCUT2D eigenvalue weighted by Crippen LogP contribution is -2.28. The van der Waals surface area contributed by atoms with Crippen molar-refractivity contribution in [3.63, 3.8) is 0 Å². The number of likely N-dealkylation sites (N-methyl/N-ethyl adjacent to an activating group) is 2. The maximum Gasteiger partial charge on any atom is 0.270 e. The fourth-order valence-corrected chi connectivity index (χ4v) is 19.1. The van der Waals surface area contributed by atoms with Gasteiger partial charge in [0.25, 0.3) is 23.4 Å². The van der Waals surface area contributed by atoms with Gasteiger partial charge in [-0.05, 0) is 254 Å². The normalized spacial score (nSPS) is 15.0. The van der Waals surface area contributed by atoms with Gasteiger partial charge in [-0.1, -0.05) is 174 Å². The minimum absolute atomic E-state index is 0.0184. The van der Waals surface area contributed by atoms with Gasteiger partial charge >= 0.3 is 0 Å². The van der Waals surface area contributed by atoms with Crippen LogP contribution in [-0.4, -0.2) is 122 Å². The number of nitrogens with zero attached hydrogens (tertiary/aromatic N) is 10. The second kappa shape index (κ2) is 38.2. The van der Waals surface area contributed by atoms with Crippen molar-refractivity contribution in [2.24, 2.45) is 24.1 Å². The highest BCUT2D eigenvalue weighted by atomic mass is 127. The quantitative estimate of drug-likeness (QED) is 0.0331. The van der Waals surface area contributed by atoms with Gasteiger partial charge in [0.1, 0.15) is 0 Å². The molecule has 3 amide bonds. The third-order valence-electron chi connectivity index (χ3n) is 22.2. The number of aromatic nitrogens is 2. The van der Waals surface area contributed by atoms with Crippen molar-refractivity contribution in [3.8, 4) is 22.2 Å². The number of aryl methyl sites for hydroxylation is 2. The topological polar surface area (TPSA) is 186 Å². The first-order chi connectivity index (χ1) is 57.8. The fraction of sp³-hybridized carbons (Fsp3) is 0.206. The summed E-state index contributed by atoms with van der Waals surface area (Å²) in [7, 11) is 10.7. The molecule has 7 heterocycles. The first kappa shape index (κ1) is 86.2. The Labute approximate surface area is 750 Å². The van der Waals surface area contributed by atoms with Crippen LogP contribution in [0, 0.1) is 27.5 Å². The Kier molecular flexibility index (Phi) is 27.5. The van der Waals surface area contributed by atoms with E-state index in [1.54, 1.807) is 68.4 Å². The zero-order valence-corrected chi connectivity index (χ0v) is 77.0. The molecule has 0 aliphatic carbocycles. The molecule has 10 aromatic carbocycles. The molecule has 0 bridgehead atoms. The van der Waals surface area contributed by atoms with Crippen molar-refractivity contribution < 1.29 is 29.5 Å². The standard InChI is InChI=1S/C31H34N4O2.C28H28N4O3.C21H15Br2NOS.C17H12Br2INO/c1-33(2)30(36)24-14-17-27-26(20-24)28(31(37)34(27)3)29(23-10-6-4-7-11-23)32-25-15-12-22(13-16-25)21-35-18-8-5-9-19-35;1-30-25-15-14-23(32(34)35)18-24(25)26(28(30)33)27(21-8-4-2-5-9-21)29-22-12-10-20(11-13-22)19-31-16-6-3-7-17-31;1-12-17(22)9-13(10-18(12)23)8-16-15-11-14(20-4-3-7-26-20)5-6-19(15)24(2)21(16)25;1-9-14(18)6-10(7-15(9)19)5-13-12-8-11(20)3-4-16(12)21(2)17(13)22/h4,6-7,10-17,20,37H,5,8-9,18-19,21H2,1-3H3;2,4-5,8-15,18,33H,3,6-7,16-17,19H2,1H3;3-11H,1-2H3;3-8H,1-2H3/b;;16-8-;. The average Bonchev–Trinajstić information content (AvgIpc) is 1.60. The highest BCUT2D eigenvalue weighted by Gasteiger charge is 2.33. The predicted molar refractivity (Wildman–Crippen MR) is 513 cm³/mol. The minimum atomic E-state index is -0.423. The molecule has 0 spiro atoms. The molecule has 13 aromatic rings. The molecule has 2 fully saturated rings. The van der Waals surface area contributed by atoms with E-state index in [2.05, 4.69) is 150 Å². The number of nitro groups is 1. The number of nitro benzene ring substituents is 1. The lowest BCUT2D eigenvalue weighted by Gasteiger charge is -2.26. The van der Waals surface area contributed by atoms with Crippen LogP contribution >= 0.6 is 97.6 Å². The van der Waals surface area contributed by atoms with E-state index in [0.717, 1.165) is 156 Å². The maximum absolute atomic E-state index is 12.8. The third-order valence-corrected chi connectivity index (χ3v) is 27.1. The summed E-state index contributed by atoms with van der Waals surface area (Å²) in [5, 5.41) is 37.3. The van der Waals surface area contributed by atoms with Crippen LogP contribution in [-0.2, 0) is 36.8 Å². The molecule has 0 unspecified atom stereocenters. The number of anilines is 2. The van der Waals surface area contributed by atoms with Crippen LogP contribution in [0.1, 0.15) is 116 Å². The molecule has 4 aliphatic heterocycles.